The van der Waals surface area contributed by atoms with Crippen molar-refractivity contribution in [2.45, 2.75) is 50.6 Å². The average molecular weight is 377 g/mol. The van der Waals surface area contributed by atoms with Crippen LogP contribution in [0.5, 0.6) is 0 Å². The van der Waals surface area contributed by atoms with Crippen LogP contribution in [0.15, 0.2) is 0 Å². The summed E-state index contributed by atoms with van der Waals surface area (Å²) in [5.74, 6) is -2.08. The van der Waals surface area contributed by atoms with E-state index in [2.05, 4.69) is 20.7 Å². The van der Waals surface area contributed by atoms with Crippen LogP contribution in [0, 0.1) is 11.3 Å². The number of carbonyl (C=O) groups excluding carboxylic acids is 3. The Morgan fingerprint density at radius 3 is 2.62 bits per heavy atom. The first-order chi connectivity index (χ1) is 12.2. The lowest BCUT2D eigenvalue weighted by molar-refractivity contribution is -0.321. The molecule has 0 aromatic carbocycles. The minimum Gasteiger partial charge on any atom is -0.356 e. The molecule has 0 aromatic rings. The summed E-state index contributed by atoms with van der Waals surface area (Å²) in [6, 6.07) is -1.65. The molecule has 0 aromatic heterocycles. The number of hydrogen-bond donors (Lipinski definition) is 3. The smallest absolute Gasteiger partial charge is 0.356 e. The van der Waals surface area contributed by atoms with E-state index in [9.17, 15) is 27.6 Å². The molecule has 26 heavy (non-hydrogen) atoms. The van der Waals surface area contributed by atoms with Crippen molar-refractivity contribution in [1.29, 1.82) is 0 Å². The summed E-state index contributed by atoms with van der Waals surface area (Å²) in [5.41, 5.74) is 0.159. The van der Waals surface area contributed by atoms with E-state index in [0.29, 0.717) is 19.4 Å². The van der Waals surface area contributed by atoms with Crippen molar-refractivity contribution in [2.75, 3.05) is 19.7 Å². The first kappa shape index (κ1) is 19.1. The van der Waals surface area contributed by atoms with Crippen LogP contribution in [-0.2, 0) is 19.1 Å². The van der Waals surface area contributed by atoms with Crippen molar-refractivity contribution < 1.29 is 32.3 Å². The molecule has 2 amide bonds. The molecule has 2 saturated heterocycles. The Bertz CT molecular complexity index is 592. The SMILES string of the molecule is O=C(COC(F)(F)F)C(C[C@@H]1CCNC1=O)NC(=O)C1CC2(CC2)CN1. The van der Waals surface area contributed by atoms with Gasteiger partial charge in [0, 0.05) is 19.0 Å². The van der Waals surface area contributed by atoms with Gasteiger partial charge in [0.05, 0.1) is 12.1 Å². The van der Waals surface area contributed by atoms with Crippen molar-refractivity contribution in [3.8, 4) is 0 Å². The fourth-order valence-corrected chi connectivity index (χ4v) is 3.61. The number of ether oxygens (including phenoxy) is 1. The number of halogens is 3. The van der Waals surface area contributed by atoms with Gasteiger partial charge in [-0.3, -0.25) is 19.1 Å². The van der Waals surface area contributed by atoms with Crippen molar-refractivity contribution in [3.63, 3.8) is 0 Å². The molecule has 1 aliphatic carbocycles. The molecule has 2 unspecified atom stereocenters. The molecule has 3 fully saturated rings. The maximum absolute atomic E-state index is 12.4. The van der Waals surface area contributed by atoms with Crippen LogP contribution in [0.25, 0.3) is 0 Å². The topological polar surface area (TPSA) is 96.5 Å². The summed E-state index contributed by atoms with van der Waals surface area (Å²) >= 11 is 0. The zero-order chi connectivity index (χ0) is 18.9. The number of carbonyl (C=O) groups is 3. The normalized spacial score (nSPS) is 28.0. The Labute approximate surface area is 148 Å². The molecule has 0 bridgehead atoms. The van der Waals surface area contributed by atoms with Gasteiger partial charge in [0.1, 0.15) is 6.61 Å². The molecule has 3 N–H and O–H groups in total. The third kappa shape index (κ3) is 4.73. The first-order valence-electron chi connectivity index (χ1n) is 8.72. The lowest BCUT2D eigenvalue weighted by atomic mass is 9.95. The van der Waals surface area contributed by atoms with Gasteiger partial charge in [0.2, 0.25) is 11.8 Å². The second kappa shape index (κ2) is 7.15. The van der Waals surface area contributed by atoms with Crippen molar-refractivity contribution in [3.05, 3.63) is 0 Å². The molecule has 3 atom stereocenters. The van der Waals surface area contributed by atoms with E-state index in [-0.39, 0.29) is 17.7 Å². The van der Waals surface area contributed by atoms with Crippen LogP contribution in [-0.4, -0.2) is 55.7 Å². The molecule has 3 aliphatic rings. The summed E-state index contributed by atoms with van der Waals surface area (Å²) < 4.78 is 40.2. The maximum Gasteiger partial charge on any atom is 0.522 e. The minimum absolute atomic E-state index is 0.0323. The van der Waals surface area contributed by atoms with Crippen LogP contribution in [0.4, 0.5) is 13.2 Å². The highest BCUT2D eigenvalue weighted by atomic mass is 19.4. The number of rotatable bonds is 7. The van der Waals surface area contributed by atoms with E-state index in [1.807, 2.05) is 0 Å². The predicted molar refractivity (Wildman–Crippen MR) is 82.8 cm³/mol. The monoisotopic (exact) mass is 377 g/mol. The molecule has 146 valence electrons. The minimum atomic E-state index is -4.93. The molecule has 1 spiro atoms. The highest BCUT2D eigenvalue weighted by molar-refractivity contribution is 5.92. The van der Waals surface area contributed by atoms with Gasteiger partial charge < -0.3 is 16.0 Å². The summed E-state index contributed by atoms with van der Waals surface area (Å²) in [7, 11) is 0. The largest absolute Gasteiger partial charge is 0.522 e. The zero-order valence-electron chi connectivity index (χ0n) is 14.2. The fourth-order valence-electron chi connectivity index (χ4n) is 3.61. The van der Waals surface area contributed by atoms with Gasteiger partial charge >= 0.3 is 6.36 Å². The van der Waals surface area contributed by atoms with Gasteiger partial charge in [-0.15, -0.1) is 13.2 Å². The van der Waals surface area contributed by atoms with E-state index in [1.54, 1.807) is 0 Å². The van der Waals surface area contributed by atoms with Gasteiger partial charge in [-0.2, -0.15) is 0 Å². The zero-order valence-corrected chi connectivity index (χ0v) is 14.2. The van der Waals surface area contributed by atoms with Crippen LogP contribution >= 0.6 is 0 Å². The van der Waals surface area contributed by atoms with Crippen LogP contribution < -0.4 is 16.0 Å². The molecule has 0 radical (unpaired) electrons. The van der Waals surface area contributed by atoms with E-state index in [1.165, 1.54) is 0 Å². The van der Waals surface area contributed by atoms with Gasteiger partial charge in [-0.25, -0.2) is 0 Å². The lowest BCUT2D eigenvalue weighted by Crippen LogP contribution is -2.50. The Kier molecular flexibility index (Phi) is 5.25. The van der Waals surface area contributed by atoms with Crippen LogP contribution in [0.3, 0.4) is 0 Å². The van der Waals surface area contributed by atoms with Crippen molar-refractivity contribution in [2.24, 2.45) is 11.3 Å². The second-order valence-electron chi connectivity index (χ2n) is 7.41. The number of nitrogens with one attached hydrogen (secondary N) is 3. The van der Waals surface area contributed by atoms with Crippen molar-refractivity contribution >= 4 is 17.6 Å². The summed E-state index contributed by atoms with van der Waals surface area (Å²) in [6.07, 6.45) is -1.73. The molecule has 2 heterocycles. The Hall–Kier alpha value is -1.68. The highest BCUT2D eigenvalue weighted by Crippen LogP contribution is 2.51. The van der Waals surface area contributed by atoms with Crippen LogP contribution in [0.2, 0.25) is 0 Å². The predicted octanol–water partition coefficient (Wildman–Crippen LogP) is 0.245. The molecular formula is C16H22F3N3O4. The second-order valence-corrected chi connectivity index (χ2v) is 7.41. The third-order valence-electron chi connectivity index (χ3n) is 5.40. The Morgan fingerprint density at radius 2 is 2.08 bits per heavy atom. The first-order valence-corrected chi connectivity index (χ1v) is 8.72. The van der Waals surface area contributed by atoms with E-state index >= 15 is 0 Å². The maximum atomic E-state index is 12.4. The molecule has 10 heteroatoms. The molecule has 3 rings (SSSR count). The number of hydrogen-bond acceptors (Lipinski definition) is 5. The quantitative estimate of drug-likeness (QED) is 0.591. The van der Waals surface area contributed by atoms with Crippen LogP contribution in [0.1, 0.15) is 32.1 Å². The average Bonchev–Trinajstić information content (AvgIpc) is 2.98. The van der Waals surface area contributed by atoms with Gasteiger partial charge in [-0.1, -0.05) is 0 Å². The Balaban J connectivity index is 1.60. The standard InChI is InChI=1S/C16H22F3N3O4/c17-16(18,19)26-7-12(23)10(5-9-1-4-20-13(9)24)22-14(25)11-6-15(2-3-15)8-21-11/h9-11,21H,1-8H2,(H,20,24)(H,22,25)/t9-,10?,11?/m0/s1. The summed E-state index contributed by atoms with van der Waals surface area (Å²) in [6.45, 7) is -0.0131. The van der Waals surface area contributed by atoms with E-state index in [0.717, 1.165) is 19.4 Å². The van der Waals surface area contributed by atoms with Gasteiger partial charge in [0.25, 0.3) is 0 Å². The highest BCUT2D eigenvalue weighted by Gasteiger charge is 2.50. The van der Waals surface area contributed by atoms with Gasteiger partial charge in [0.15, 0.2) is 5.78 Å². The van der Waals surface area contributed by atoms with E-state index in [4.69, 9.17) is 0 Å². The molecule has 7 nitrogen and oxygen atoms in total. The fraction of sp³-hybridized carbons (Fsp3) is 0.812. The number of alkyl halides is 3. The molecular weight excluding hydrogens is 355 g/mol. The molecule has 1 saturated carbocycles. The number of ketones is 1. The van der Waals surface area contributed by atoms with Gasteiger partial charge in [-0.05, 0) is 37.5 Å². The third-order valence-corrected chi connectivity index (χ3v) is 5.40. The van der Waals surface area contributed by atoms with Crippen molar-refractivity contribution in [1.82, 2.24) is 16.0 Å². The summed E-state index contributed by atoms with van der Waals surface area (Å²) in [5, 5.41) is 8.24. The molecule has 2 aliphatic heterocycles. The lowest BCUT2D eigenvalue weighted by Gasteiger charge is -2.22. The summed E-state index contributed by atoms with van der Waals surface area (Å²) in [4.78, 5) is 36.4. The number of Topliss-reactive ketones (excluding diaryl/α,β-unsaturated/α-hetero) is 1. The van der Waals surface area contributed by atoms with E-state index < -0.39 is 42.7 Å². The Morgan fingerprint density at radius 1 is 1.35 bits per heavy atom. The number of amides is 2.